The average Bonchev–Trinajstić information content (AvgIpc) is 2.79. The lowest BCUT2D eigenvalue weighted by atomic mass is 9.99. The van der Waals surface area contributed by atoms with Gasteiger partial charge in [-0.05, 0) is 43.9 Å². The fourth-order valence-corrected chi connectivity index (χ4v) is 4.26. The Morgan fingerprint density at radius 2 is 1.75 bits per heavy atom. The number of hydrogen-bond acceptors (Lipinski definition) is 5. The van der Waals surface area contributed by atoms with E-state index in [-0.39, 0.29) is 5.91 Å². The Morgan fingerprint density at radius 3 is 2.50 bits per heavy atom. The number of likely N-dealkylation sites (tertiary alicyclic amines) is 1. The third kappa shape index (κ3) is 3.96. The second-order valence-corrected chi connectivity index (χ2v) is 7.61. The van der Waals surface area contributed by atoms with Crippen molar-refractivity contribution < 1.29 is 4.79 Å². The zero-order chi connectivity index (χ0) is 19.3. The van der Waals surface area contributed by atoms with Gasteiger partial charge in [-0.25, -0.2) is 9.97 Å². The Bertz CT molecular complexity index is 789. The van der Waals surface area contributed by atoms with Gasteiger partial charge in [-0.15, -0.1) is 0 Å². The van der Waals surface area contributed by atoms with Crippen molar-refractivity contribution >= 4 is 17.5 Å². The number of amides is 1. The molecule has 1 aromatic heterocycles. The molecule has 0 radical (unpaired) electrons. The highest BCUT2D eigenvalue weighted by atomic mass is 16.2. The normalized spacial score (nSPS) is 20.3. The quantitative estimate of drug-likeness (QED) is 0.816. The minimum Gasteiger partial charge on any atom is -0.368 e. The standard InChI is InChI=1S/C22H29N5O/c1-2-18-8-6-7-13-27(18)21(28)20-11-12-23-22(24-20)26-16-14-25(15-17-26)19-9-4-3-5-10-19/h3-5,9-12,18H,2,6-8,13-17H2,1H3. The van der Waals surface area contributed by atoms with E-state index in [0.29, 0.717) is 17.7 Å². The molecule has 6 heteroatoms. The number of carbonyl (C=O) groups excluding carboxylic acids is 1. The van der Waals surface area contributed by atoms with Crippen LogP contribution in [0, 0.1) is 0 Å². The zero-order valence-corrected chi connectivity index (χ0v) is 16.6. The van der Waals surface area contributed by atoms with Crippen molar-refractivity contribution in [3.63, 3.8) is 0 Å². The molecule has 1 amide bonds. The summed E-state index contributed by atoms with van der Waals surface area (Å²) in [5, 5.41) is 0. The van der Waals surface area contributed by atoms with Crippen LogP contribution in [0.4, 0.5) is 11.6 Å². The van der Waals surface area contributed by atoms with Gasteiger partial charge in [-0.3, -0.25) is 4.79 Å². The van der Waals surface area contributed by atoms with Crippen LogP contribution in [0.5, 0.6) is 0 Å². The van der Waals surface area contributed by atoms with Crippen LogP contribution in [0.2, 0.25) is 0 Å². The molecule has 1 aromatic carbocycles. The Morgan fingerprint density at radius 1 is 1.00 bits per heavy atom. The number of benzene rings is 1. The van der Waals surface area contributed by atoms with Crippen molar-refractivity contribution in [1.82, 2.24) is 14.9 Å². The Labute approximate surface area is 167 Å². The van der Waals surface area contributed by atoms with Gasteiger partial charge in [0.1, 0.15) is 5.69 Å². The largest absolute Gasteiger partial charge is 0.368 e. The van der Waals surface area contributed by atoms with Crippen molar-refractivity contribution in [2.24, 2.45) is 0 Å². The molecule has 2 aliphatic heterocycles. The summed E-state index contributed by atoms with van der Waals surface area (Å²) in [5.74, 6) is 0.724. The van der Waals surface area contributed by atoms with Crippen LogP contribution in [0.1, 0.15) is 43.1 Å². The van der Waals surface area contributed by atoms with Gasteiger partial charge in [-0.1, -0.05) is 25.1 Å². The number of nitrogens with zero attached hydrogens (tertiary/aromatic N) is 5. The van der Waals surface area contributed by atoms with E-state index in [2.05, 4.69) is 51.0 Å². The lowest BCUT2D eigenvalue weighted by Gasteiger charge is -2.36. The number of carbonyl (C=O) groups is 1. The Kier molecular flexibility index (Phi) is 5.74. The molecule has 148 valence electrons. The third-order valence-corrected chi connectivity index (χ3v) is 5.91. The molecule has 0 aliphatic carbocycles. The summed E-state index contributed by atoms with van der Waals surface area (Å²) in [6.45, 7) is 6.56. The van der Waals surface area contributed by atoms with E-state index in [9.17, 15) is 4.79 Å². The molecule has 1 unspecified atom stereocenters. The average molecular weight is 380 g/mol. The van der Waals surface area contributed by atoms with Crippen LogP contribution in [-0.4, -0.2) is 59.5 Å². The summed E-state index contributed by atoms with van der Waals surface area (Å²) in [6.07, 6.45) is 6.13. The maximum Gasteiger partial charge on any atom is 0.272 e. The van der Waals surface area contributed by atoms with Crippen LogP contribution < -0.4 is 9.80 Å². The maximum atomic E-state index is 13.0. The monoisotopic (exact) mass is 379 g/mol. The molecule has 2 aromatic rings. The first-order chi connectivity index (χ1) is 13.8. The van der Waals surface area contributed by atoms with E-state index in [4.69, 9.17) is 0 Å². The van der Waals surface area contributed by atoms with E-state index >= 15 is 0 Å². The highest BCUT2D eigenvalue weighted by molar-refractivity contribution is 5.92. The van der Waals surface area contributed by atoms with Crippen molar-refractivity contribution in [3.05, 3.63) is 48.3 Å². The molecule has 0 N–H and O–H groups in total. The smallest absolute Gasteiger partial charge is 0.272 e. The molecule has 0 saturated carbocycles. The van der Waals surface area contributed by atoms with Crippen molar-refractivity contribution in [2.75, 3.05) is 42.5 Å². The van der Waals surface area contributed by atoms with Crippen molar-refractivity contribution in [1.29, 1.82) is 0 Å². The van der Waals surface area contributed by atoms with Gasteiger partial charge in [-0.2, -0.15) is 0 Å². The molecule has 1 atom stereocenters. The fraction of sp³-hybridized carbons (Fsp3) is 0.500. The summed E-state index contributed by atoms with van der Waals surface area (Å²) >= 11 is 0. The molecule has 28 heavy (non-hydrogen) atoms. The molecule has 6 nitrogen and oxygen atoms in total. The summed E-state index contributed by atoms with van der Waals surface area (Å²) in [6, 6.07) is 12.6. The molecule has 2 aliphatic rings. The first-order valence-corrected chi connectivity index (χ1v) is 10.4. The van der Waals surface area contributed by atoms with E-state index < -0.39 is 0 Å². The Hall–Kier alpha value is -2.63. The predicted molar refractivity (Wildman–Crippen MR) is 112 cm³/mol. The number of piperazine rings is 1. The van der Waals surface area contributed by atoms with Crippen molar-refractivity contribution in [2.45, 2.75) is 38.6 Å². The van der Waals surface area contributed by atoms with Crippen LogP contribution in [0.25, 0.3) is 0 Å². The summed E-state index contributed by atoms with van der Waals surface area (Å²) in [5.41, 5.74) is 1.78. The lowest BCUT2D eigenvalue weighted by molar-refractivity contribution is 0.0602. The fourth-order valence-electron chi connectivity index (χ4n) is 4.26. The van der Waals surface area contributed by atoms with Gasteiger partial charge in [0, 0.05) is 50.6 Å². The Balaban J connectivity index is 1.43. The first-order valence-electron chi connectivity index (χ1n) is 10.4. The molecule has 3 heterocycles. The highest BCUT2D eigenvalue weighted by Gasteiger charge is 2.28. The number of anilines is 2. The van der Waals surface area contributed by atoms with Crippen LogP contribution >= 0.6 is 0 Å². The number of para-hydroxylation sites is 1. The second-order valence-electron chi connectivity index (χ2n) is 7.61. The van der Waals surface area contributed by atoms with Gasteiger partial charge >= 0.3 is 0 Å². The molecule has 0 spiro atoms. The molecule has 2 saturated heterocycles. The minimum atomic E-state index is 0.0538. The topological polar surface area (TPSA) is 52.6 Å². The predicted octanol–water partition coefficient (Wildman–Crippen LogP) is 3.21. The number of piperidine rings is 1. The number of rotatable bonds is 4. The van der Waals surface area contributed by atoms with Crippen LogP contribution in [-0.2, 0) is 0 Å². The lowest BCUT2D eigenvalue weighted by Crippen LogP contribution is -2.47. The van der Waals surface area contributed by atoms with E-state index in [1.165, 1.54) is 12.1 Å². The first kappa shape index (κ1) is 18.7. The van der Waals surface area contributed by atoms with E-state index in [1.54, 1.807) is 12.3 Å². The third-order valence-electron chi connectivity index (χ3n) is 5.91. The number of hydrogen-bond donors (Lipinski definition) is 0. The molecule has 2 fully saturated rings. The summed E-state index contributed by atoms with van der Waals surface area (Å²) in [4.78, 5) is 28.7. The van der Waals surface area contributed by atoms with Gasteiger partial charge in [0.25, 0.3) is 5.91 Å². The van der Waals surface area contributed by atoms with Crippen LogP contribution in [0.15, 0.2) is 42.6 Å². The van der Waals surface area contributed by atoms with Gasteiger partial charge in [0.15, 0.2) is 0 Å². The molecular weight excluding hydrogens is 350 g/mol. The molecule has 4 rings (SSSR count). The van der Waals surface area contributed by atoms with Crippen molar-refractivity contribution in [3.8, 4) is 0 Å². The number of aromatic nitrogens is 2. The molecular formula is C22H29N5O. The second kappa shape index (κ2) is 8.59. The summed E-state index contributed by atoms with van der Waals surface area (Å²) < 4.78 is 0. The summed E-state index contributed by atoms with van der Waals surface area (Å²) in [7, 11) is 0. The van der Waals surface area contributed by atoms with E-state index in [1.807, 2.05) is 11.0 Å². The van der Waals surface area contributed by atoms with Gasteiger partial charge in [0.2, 0.25) is 5.95 Å². The minimum absolute atomic E-state index is 0.0538. The van der Waals surface area contributed by atoms with Crippen LogP contribution in [0.3, 0.4) is 0 Å². The van der Waals surface area contributed by atoms with E-state index in [0.717, 1.165) is 52.0 Å². The SMILES string of the molecule is CCC1CCCCN1C(=O)c1ccnc(N2CCN(c3ccccc3)CC2)n1. The van der Waals surface area contributed by atoms with Gasteiger partial charge in [0.05, 0.1) is 0 Å². The van der Waals surface area contributed by atoms with Gasteiger partial charge < -0.3 is 14.7 Å². The highest BCUT2D eigenvalue weighted by Crippen LogP contribution is 2.22. The molecule has 0 bridgehead atoms. The maximum absolute atomic E-state index is 13.0. The zero-order valence-electron chi connectivity index (χ0n) is 16.6.